The first-order chi connectivity index (χ1) is 8.54. The van der Waals surface area contributed by atoms with E-state index in [1.165, 1.54) is 18.2 Å². The van der Waals surface area contributed by atoms with Crippen LogP contribution in [-0.2, 0) is 9.53 Å². The van der Waals surface area contributed by atoms with E-state index in [0.717, 1.165) is 25.0 Å². The van der Waals surface area contributed by atoms with Crippen molar-refractivity contribution in [1.82, 2.24) is 0 Å². The van der Waals surface area contributed by atoms with E-state index in [0.29, 0.717) is 6.42 Å². The van der Waals surface area contributed by atoms with Gasteiger partial charge in [0.1, 0.15) is 11.4 Å². The summed E-state index contributed by atoms with van der Waals surface area (Å²) in [4.78, 5) is 11.4. The van der Waals surface area contributed by atoms with Crippen LogP contribution in [0.4, 0.5) is 0 Å². The van der Waals surface area contributed by atoms with E-state index in [9.17, 15) is 4.79 Å². The minimum absolute atomic E-state index is 0.196. The van der Waals surface area contributed by atoms with Crippen LogP contribution in [0.5, 0.6) is 5.75 Å². The first-order valence-corrected chi connectivity index (χ1v) is 6.38. The Morgan fingerprint density at radius 2 is 2.00 bits per heavy atom. The smallest absolute Gasteiger partial charge is 0.309 e. The highest BCUT2D eigenvalue weighted by Gasteiger charge is 2.41. The normalized spacial score (nSPS) is 16.8. The molecular weight excluding hydrogens is 228 g/mol. The van der Waals surface area contributed by atoms with Crippen LogP contribution in [0.2, 0.25) is 0 Å². The molecule has 1 aliphatic rings. The number of methoxy groups -OCH3 is 1. The van der Waals surface area contributed by atoms with Crippen molar-refractivity contribution in [2.75, 3.05) is 7.11 Å². The fourth-order valence-electron chi connectivity index (χ4n) is 2.25. The maximum absolute atomic E-state index is 11.4. The van der Waals surface area contributed by atoms with Gasteiger partial charge in [0.2, 0.25) is 0 Å². The predicted molar refractivity (Wildman–Crippen MR) is 69.8 cm³/mol. The Kier molecular flexibility index (Phi) is 3.60. The van der Waals surface area contributed by atoms with Crippen molar-refractivity contribution in [3.63, 3.8) is 0 Å². The topological polar surface area (TPSA) is 35.5 Å². The summed E-state index contributed by atoms with van der Waals surface area (Å²) in [7, 11) is 1.42. The first-order valence-electron chi connectivity index (χ1n) is 6.38. The molecule has 0 bridgehead atoms. The Hall–Kier alpha value is -1.51. The third-order valence-corrected chi connectivity index (χ3v) is 3.77. The molecule has 18 heavy (non-hydrogen) atoms. The molecule has 2 rings (SSSR count). The van der Waals surface area contributed by atoms with Crippen molar-refractivity contribution < 1.29 is 14.3 Å². The number of benzene rings is 1. The summed E-state index contributed by atoms with van der Waals surface area (Å²) in [5, 5.41) is 0. The summed E-state index contributed by atoms with van der Waals surface area (Å²) in [6.45, 7) is 4.14. The second-order valence-electron chi connectivity index (χ2n) is 5.14. The standard InChI is InChI=1S/C15H20O3/c1-11-5-6-13(9-12(11)2)18-15(7-4-8-15)10-14(16)17-3/h5-6,9H,4,7-8,10H2,1-3H3. The van der Waals surface area contributed by atoms with Gasteiger partial charge < -0.3 is 9.47 Å². The van der Waals surface area contributed by atoms with Gasteiger partial charge in [-0.15, -0.1) is 0 Å². The van der Waals surface area contributed by atoms with Gasteiger partial charge in [0.25, 0.3) is 0 Å². The Morgan fingerprint density at radius 1 is 1.28 bits per heavy atom. The molecule has 0 saturated heterocycles. The van der Waals surface area contributed by atoms with Gasteiger partial charge >= 0.3 is 5.97 Å². The van der Waals surface area contributed by atoms with Gasteiger partial charge in [-0.05, 0) is 56.4 Å². The highest BCUT2D eigenvalue weighted by Crippen LogP contribution is 2.39. The fourth-order valence-corrected chi connectivity index (χ4v) is 2.25. The Balaban J connectivity index is 2.10. The maximum atomic E-state index is 11.4. The third-order valence-electron chi connectivity index (χ3n) is 3.77. The molecule has 0 atom stereocenters. The number of carbonyl (C=O) groups excluding carboxylic acids is 1. The highest BCUT2D eigenvalue weighted by atomic mass is 16.5. The van der Waals surface area contributed by atoms with Crippen LogP contribution in [0.25, 0.3) is 0 Å². The van der Waals surface area contributed by atoms with Crippen LogP contribution in [0, 0.1) is 13.8 Å². The summed E-state index contributed by atoms with van der Waals surface area (Å²) < 4.78 is 10.8. The van der Waals surface area contributed by atoms with E-state index in [1.807, 2.05) is 12.1 Å². The van der Waals surface area contributed by atoms with E-state index in [1.54, 1.807) is 0 Å². The van der Waals surface area contributed by atoms with Crippen molar-refractivity contribution in [3.05, 3.63) is 29.3 Å². The monoisotopic (exact) mass is 248 g/mol. The van der Waals surface area contributed by atoms with Gasteiger partial charge in [-0.2, -0.15) is 0 Å². The molecule has 0 radical (unpaired) electrons. The zero-order valence-corrected chi connectivity index (χ0v) is 11.3. The lowest BCUT2D eigenvalue weighted by Crippen LogP contribution is -2.45. The zero-order valence-electron chi connectivity index (χ0n) is 11.3. The molecule has 0 aromatic heterocycles. The molecule has 0 amide bonds. The average molecular weight is 248 g/mol. The molecule has 0 unspecified atom stereocenters. The molecule has 1 aliphatic carbocycles. The van der Waals surface area contributed by atoms with Gasteiger partial charge in [0, 0.05) is 0 Å². The van der Waals surface area contributed by atoms with Crippen molar-refractivity contribution in [1.29, 1.82) is 0 Å². The van der Waals surface area contributed by atoms with Crippen molar-refractivity contribution in [3.8, 4) is 5.75 Å². The predicted octanol–water partition coefficient (Wildman–Crippen LogP) is 3.17. The van der Waals surface area contributed by atoms with Gasteiger partial charge in [-0.3, -0.25) is 4.79 Å². The van der Waals surface area contributed by atoms with E-state index in [2.05, 4.69) is 19.9 Å². The van der Waals surface area contributed by atoms with Crippen molar-refractivity contribution >= 4 is 5.97 Å². The number of carbonyl (C=O) groups is 1. The minimum atomic E-state index is -0.339. The summed E-state index contributed by atoms with van der Waals surface area (Å²) in [6.07, 6.45) is 3.31. The minimum Gasteiger partial charge on any atom is -0.487 e. The summed E-state index contributed by atoms with van der Waals surface area (Å²) in [5.41, 5.74) is 2.12. The molecule has 0 N–H and O–H groups in total. The molecule has 1 fully saturated rings. The summed E-state index contributed by atoms with van der Waals surface area (Å²) in [5.74, 6) is 0.653. The SMILES string of the molecule is COC(=O)CC1(Oc2ccc(C)c(C)c2)CCC1. The van der Waals surface area contributed by atoms with Gasteiger partial charge in [-0.25, -0.2) is 0 Å². The second-order valence-corrected chi connectivity index (χ2v) is 5.14. The molecule has 3 nitrogen and oxygen atoms in total. The number of ether oxygens (including phenoxy) is 2. The largest absolute Gasteiger partial charge is 0.487 e. The van der Waals surface area contributed by atoms with Crippen LogP contribution in [0.15, 0.2) is 18.2 Å². The molecule has 1 aromatic rings. The summed E-state index contributed by atoms with van der Waals surface area (Å²) in [6, 6.07) is 6.06. The third kappa shape index (κ3) is 2.66. The van der Waals surface area contributed by atoms with Crippen molar-refractivity contribution in [2.24, 2.45) is 0 Å². The van der Waals surface area contributed by atoms with Gasteiger partial charge in [-0.1, -0.05) is 6.07 Å². The lowest BCUT2D eigenvalue weighted by molar-refractivity contribution is -0.148. The van der Waals surface area contributed by atoms with Crippen LogP contribution >= 0.6 is 0 Å². The molecular formula is C15H20O3. The van der Waals surface area contributed by atoms with Crippen LogP contribution < -0.4 is 4.74 Å². The number of hydrogen-bond donors (Lipinski definition) is 0. The molecule has 0 spiro atoms. The number of hydrogen-bond acceptors (Lipinski definition) is 3. The Labute approximate surface area is 108 Å². The molecule has 98 valence electrons. The number of esters is 1. The lowest BCUT2D eigenvalue weighted by atomic mass is 9.77. The van der Waals surface area contributed by atoms with Gasteiger partial charge in [0.05, 0.1) is 13.5 Å². The molecule has 0 aliphatic heterocycles. The Bertz CT molecular complexity index is 447. The molecule has 1 saturated carbocycles. The Morgan fingerprint density at radius 3 is 2.50 bits per heavy atom. The van der Waals surface area contributed by atoms with Crippen molar-refractivity contribution in [2.45, 2.75) is 45.1 Å². The van der Waals surface area contributed by atoms with Gasteiger partial charge in [0.15, 0.2) is 0 Å². The van der Waals surface area contributed by atoms with Crippen LogP contribution in [0.1, 0.15) is 36.8 Å². The van der Waals surface area contributed by atoms with E-state index >= 15 is 0 Å². The lowest BCUT2D eigenvalue weighted by Gasteiger charge is -2.41. The second kappa shape index (κ2) is 5.01. The molecule has 0 heterocycles. The highest BCUT2D eigenvalue weighted by molar-refractivity contribution is 5.70. The fraction of sp³-hybridized carbons (Fsp3) is 0.533. The van der Waals surface area contributed by atoms with E-state index in [-0.39, 0.29) is 11.6 Å². The summed E-state index contributed by atoms with van der Waals surface area (Å²) >= 11 is 0. The zero-order chi connectivity index (χ0) is 13.2. The van der Waals surface area contributed by atoms with Crippen LogP contribution in [0.3, 0.4) is 0 Å². The molecule has 3 heteroatoms. The first kappa shape index (κ1) is 12.9. The average Bonchev–Trinajstić information content (AvgIpc) is 2.30. The number of aryl methyl sites for hydroxylation is 2. The maximum Gasteiger partial charge on any atom is 0.309 e. The number of rotatable bonds is 4. The quantitative estimate of drug-likeness (QED) is 0.768. The van der Waals surface area contributed by atoms with Crippen LogP contribution in [-0.4, -0.2) is 18.7 Å². The van der Waals surface area contributed by atoms with E-state index < -0.39 is 0 Å². The van der Waals surface area contributed by atoms with E-state index in [4.69, 9.17) is 9.47 Å². The molecule has 1 aromatic carbocycles.